The SMILES string of the molecule is Cc1nn(C)c(Cn2ncc(NC3CCC3)cc2=O)c1Br. The minimum Gasteiger partial charge on any atom is -0.381 e. The highest BCUT2D eigenvalue weighted by Crippen LogP contribution is 2.22. The first-order chi connectivity index (χ1) is 10.0. The van der Waals surface area contributed by atoms with Crippen molar-refractivity contribution in [2.24, 2.45) is 7.05 Å². The Morgan fingerprint density at radius 1 is 1.48 bits per heavy atom. The molecule has 1 aliphatic carbocycles. The maximum absolute atomic E-state index is 12.2. The van der Waals surface area contributed by atoms with Crippen LogP contribution in [-0.2, 0) is 13.6 Å². The van der Waals surface area contributed by atoms with Gasteiger partial charge in [0.1, 0.15) is 0 Å². The lowest BCUT2D eigenvalue weighted by Crippen LogP contribution is -2.29. The Morgan fingerprint density at radius 2 is 2.24 bits per heavy atom. The van der Waals surface area contributed by atoms with E-state index in [9.17, 15) is 4.79 Å². The molecular formula is C14H18BrN5O. The van der Waals surface area contributed by atoms with E-state index in [1.807, 2.05) is 14.0 Å². The zero-order valence-electron chi connectivity index (χ0n) is 12.1. The second-order valence-corrected chi connectivity index (χ2v) is 6.27. The minimum absolute atomic E-state index is 0.106. The van der Waals surface area contributed by atoms with Gasteiger partial charge >= 0.3 is 0 Å². The van der Waals surface area contributed by atoms with Crippen LogP contribution in [0.5, 0.6) is 0 Å². The highest BCUT2D eigenvalue weighted by Gasteiger charge is 2.17. The number of aromatic nitrogens is 4. The van der Waals surface area contributed by atoms with Gasteiger partial charge in [-0.3, -0.25) is 9.48 Å². The molecule has 2 aromatic heterocycles. The van der Waals surface area contributed by atoms with Gasteiger partial charge in [0.05, 0.1) is 34.3 Å². The number of anilines is 1. The van der Waals surface area contributed by atoms with E-state index in [1.165, 1.54) is 23.9 Å². The van der Waals surface area contributed by atoms with Crippen LogP contribution in [0, 0.1) is 6.92 Å². The smallest absolute Gasteiger partial charge is 0.269 e. The molecule has 1 saturated carbocycles. The lowest BCUT2D eigenvalue weighted by atomic mass is 9.93. The largest absolute Gasteiger partial charge is 0.381 e. The number of aryl methyl sites for hydroxylation is 2. The van der Waals surface area contributed by atoms with Gasteiger partial charge in [-0.25, -0.2) is 4.68 Å². The molecule has 0 atom stereocenters. The van der Waals surface area contributed by atoms with Crippen LogP contribution < -0.4 is 10.9 Å². The van der Waals surface area contributed by atoms with Gasteiger partial charge in [0.2, 0.25) is 0 Å². The summed E-state index contributed by atoms with van der Waals surface area (Å²) in [6.07, 6.45) is 5.32. The fourth-order valence-corrected chi connectivity index (χ4v) is 2.87. The number of halogens is 1. The zero-order valence-corrected chi connectivity index (χ0v) is 13.7. The fourth-order valence-electron chi connectivity index (χ4n) is 2.41. The molecule has 0 saturated heterocycles. The van der Waals surface area contributed by atoms with Crippen molar-refractivity contribution in [1.82, 2.24) is 19.6 Å². The van der Waals surface area contributed by atoms with Crippen molar-refractivity contribution in [3.8, 4) is 0 Å². The average Bonchev–Trinajstić information content (AvgIpc) is 2.63. The van der Waals surface area contributed by atoms with Crippen LogP contribution in [0.25, 0.3) is 0 Å². The van der Waals surface area contributed by atoms with E-state index in [0.717, 1.165) is 21.5 Å². The van der Waals surface area contributed by atoms with E-state index < -0.39 is 0 Å². The summed E-state index contributed by atoms with van der Waals surface area (Å²) < 4.78 is 4.15. The van der Waals surface area contributed by atoms with Gasteiger partial charge in [0, 0.05) is 19.2 Å². The summed E-state index contributed by atoms with van der Waals surface area (Å²) in [5.74, 6) is 0. The summed E-state index contributed by atoms with van der Waals surface area (Å²) in [6, 6.07) is 2.11. The van der Waals surface area contributed by atoms with E-state index in [4.69, 9.17) is 0 Å². The second-order valence-electron chi connectivity index (χ2n) is 5.48. The van der Waals surface area contributed by atoms with Crippen molar-refractivity contribution in [2.45, 2.75) is 38.8 Å². The van der Waals surface area contributed by atoms with Crippen LogP contribution >= 0.6 is 15.9 Å². The molecule has 3 rings (SSSR count). The van der Waals surface area contributed by atoms with Crippen molar-refractivity contribution < 1.29 is 0 Å². The summed E-state index contributed by atoms with van der Waals surface area (Å²) in [4.78, 5) is 12.2. The third-order valence-corrected chi connectivity index (χ3v) is 4.94. The van der Waals surface area contributed by atoms with Crippen LogP contribution in [0.2, 0.25) is 0 Å². The Kier molecular flexibility index (Phi) is 3.84. The fraction of sp³-hybridized carbons (Fsp3) is 0.500. The van der Waals surface area contributed by atoms with Crippen molar-refractivity contribution in [1.29, 1.82) is 0 Å². The van der Waals surface area contributed by atoms with Gasteiger partial charge in [-0.1, -0.05) is 0 Å². The highest BCUT2D eigenvalue weighted by molar-refractivity contribution is 9.10. The molecule has 0 aliphatic heterocycles. The first-order valence-corrected chi connectivity index (χ1v) is 7.85. The lowest BCUT2D eigenvalue weighted by molar-refractivity contribution is 0.445. The maximum Gasteiger partial charge on any atom is 0.269 e. The van der Waals surface area contributed by atoms with Gasteiger partial charge in [-0.05, 0) is 42.1 Å². The zero-order chi connectivity index (χ0) is 15.0. The van der Waals surface area contributed by atoms with Crippen molar-refractivity contribution in [3.05, 3.63) is 38.5 Å². The van der Waals surface area contributed by atoms with Gasteiger partial charge in [-0.2, -0.15) is 10.2 Å². The Hall–Kier alpha value is -1.63. The first kappa shape index (κ1) is 14.3. The van der Waals surface area contributed by atoms with E-state index >= 15 is 0 Å². The second kappa shape index (κ2) is 5.63. The number of nitrogens with zero attached hydrogens (tertiary/aromatic N) is 4. The van der Waals surface area contributed by atoms with Crippen LogP contribution in [0.1, 0.15) is 30.7 Å². The number of hydrogen-bond acceptors (Lipinski definition) is 4. The standard InChI is InChI=1S/C14H18BrN5O/c1-9-14(15)12(19(2)18-9)8-20-13(21)6-11(7-16-20)17-10-4-3-5-10/h6-7,10,17H,3-5,8H2,1-2H3. The van der Waals surface area contributed by atoms with E-state index in [-0.39, 0.29) is 5.56 Å². The molecule has 0 spiro atoms. The summed E-state index contributed by atoms with van der Waals surface area (Å²) in [7, 11) is 1.87. The Labute approximate surface area is 131 Å². The van der Waals surface area contributed by atoms with Gasteiger partial charge < -0.3 is 5.32 Å². The predicted octanol–water partition coefficient (Wildman–Crippen LogP) is 2.06. The minimum atomic E-state index is -0.106. The molecule has 112 valence electrons. The Bertz CT molecular complexity index is 717. The average molecular weight is 352 g/mol. The maximum atomic E-state index is 12.2. The van der Waals surface area contributed by atoms with Gasteiger partial charge in [-0.15, -0.1) is 0 Å². The molecule has 0 radical (unpaired) electrons. The summed E-state index contributed by atoms with van der Waals surface area (Å²) in [6.45, 7) is 2.33. The quantitative estimate of drug-likeness (QED) is 0.915. The molecular weight excluding hydrogens is 334 g/mol. The van der Waals surface area contributed by atoms with Crippen LogP contribution in [0.3, 0.4) is 0 Å². The Morgan fingerprint density at radius 3 is 2.76 bits per heavy atom. The highest BCUT2D eigenvalue weighted by atomic mass is 79.9. The molecule has 0 unspecified atom stereocenters. The van der Waals surface area contributed by atoms with E-state index in [0.29, 0.717) is 12.6 Å². The van der Waals surface area contributed by atoms with Crippen molar-refractivity contribution in [2.75, 3.05) is 5.32 Å². The Balaban J connectivity index is 1.80. The third kappa shape index (κ3) is 2.88. The van der Waals surface area contributed by atoms with Crippen LogP contribution in [-0.4, -0.2) is 25.6 Å². The molecule has 6 nitrogen and oxygen atoms in total. The topological polar surface area (TPSA) is 64.7 Å². The van der Waals surface area contributed by atoms with Gasteiger partial charge in [0.15, 0.2) is 0 Å². The number of hydrogen-bond donors (Lipinski definition) is 1. The molecule has 1 N–H and O–H groups in total. The molecule has 2 aromatic rings. The van der Waals surface area contributed by atoms with Gasteiger partial charge in [0.25, 0.3) is 5.56 Å². The number of rotatable bonds is 4. The molecule has 0 bridgehead atoms. The van der Waals surface area contributed by atoms with Crippen LogP contribution in [0.4, 0.5) is 5.69 Å². The first-order valence-electron chi connectivity index (χ1n) is 7.06. The normalized spacial score (nSPS) is 15.0. The summed E-state index contributed by atoms with van der Waals surface area (Å²) >= 11 is 3.51. The molecule has 2 heterocycles. The molecule has 21 heavy (non-hydrogen) atoms. The third-order valence-electron chi connectivity index (χ3n) is 3.91. The predicted molar refractivity (Wildman–Crippen MR) is 84.5 cm³/mol. The molecule has 7 heteroatoms. The van der Waals surface area contributed by atoms with E-state index in [2.05, 4.69) is 31.4 Å². The molecule has 1 fully saturated rings. The van der Waals surface area contributed by atoms with E-state index in [1.54, 1.807) is 16.9 Å². The lowest BCUT2D eigenvalue weighted by Gasteiger charge is -2.27. The summed E-state index contributed by atoms with van der Waals surface area (Å²) in [5.41, 5.74) is 2.54. The summed E-state index contributed by atoms with van der Waals surface area (Å²) in [5, 5.41) is 11.9. The van der Waals surface area contributed by atoms with Crippen LogP contribution in [0.15, 0.2) is 21.5 Å². The monoisotopic (exact) mass is 351 g/mol. The van der Waals surface area contributed by atoms with Crippen molar-refractivity contribution >= 4 is 21.6 Å². The molecule has 0 aromatic carbocycles. The van der Waals surface area contributed by atoms with Crippen molar-refractivity contribution in [3.63, 3.8) is 0 Å². The number of nitrogens with one attached hydrogen (secondary N) is 1. The molecule has 0 amide bonds. The molecule has 1 aliphatic rings.